The molecule has 1 aliphatic heterocycles. The highest BCUT2D eigenvalue weighted by atomic mass is 32.2. The van der Waals surface area contributed by atoms with Crippen molar-refractivity contribution in [1.82, 2.24) is 19.5 Å². The molecular weight excluding hydrogens is 496 g/mol. The predicted octanol–water partition coefficient (Wildman–Crippen LogP) is 3.22. The van der Waals surface area contributed by atoms with E-state index < -0.39 is 27.3 Å². The fourth-order valence-electron chi connectivity index (χ4n) is 4.20. The first-order valence-electron chi connectivity index (χ1n) is 12.3. The van der Waals surface area contributed by atoms with Gasteiger partial charge in [-0.1, -0.05) is 0 Å². The summed E-state index contributed by atoms with van der Waals surface area (Å²) in [6, 6.07) is 4.86. The van der Waals surface area contributed by atoms with Gasteiger partial charge in [-0.25, -0.2) is 27.7 Å². The van der Waals surface area contributed by atoms with Gasteiger partial charge in [-0.05, 0) is 64.1 Å². The number of pyridine rings is 1. The summed E-state index contributed by atoms with van der Waals surface area (Å²) in [5.74, 6) is 0.255. The van der Waals surface area contributed by atoms with Gasteiger partial charge >= 0.3 is 12.1 Å². The maximum atomic E-state index is 13.3. The number of piperazine rings is 1. The third-order valence-electron chi connectivity index (χ3n) is 6.38. The summed E-state index contributed by atoms with van der Waals surface area (Å²) in [4.78, 5) is 34.6. The lowest BCUT2D eigenvalue weighted by atomic mass is 10.1. The fraction of sp³-hybridized carbons (Fsp3) is 0.560. The number of carbonyl (C=O) groups is 2. The van der Waals surface area contributed by atoms with E-state index >= 15 is 0 Å². The highest BCUT2D eigenvalue weighted by molar-refractivity contribution is 7.89. The number of hydrogen-bond donors (Lipinski definition) is 2. The molecular formula is C25H36N6O5S. The lowest BCUT2D eigenvalue weighted by Gasteiger charge is -2.37. The maximum Gasteiger partial charge on any atom is 0.413 e. The Morgan fingerprint density at radius 1 is 1.08 bits per heavy atom. The van der Waals surface area contributed by atoms with Crippen molar-refractivity contribution in [2.45, 2.75) is 56.6 Å². The van der Waals surface area contributed by atoms with Crippen molar-refractivity contribution in [3.05, 3.63) is 24.4 Å². The van der Waals surface area contributed by atoms with Gasteiger partial charge in [0.15, 0.2) is 0 Å². The third-order valence-corrected chi connectivity index (χ3v) is 8.00. The van der Waals surface area contributed by atoms with Crippen molar-refractivity contribution in [2.75, 3.05) is 50.5 Å². The number of nitrogens with one attached hydrogen (secondary N) is 2. The first-order valence-corrected chi connectivity index (χ1v) is 13.8. The van der Waals surface area contributed by atoms with Gasteiger partial charge < -0.3 is 19.4 Å². The van der Waals surface area contributed by atoms with Crippen LogP contribution in [0.2, 0.25) is 0 Å². The van der Waals surface area contributed by atoms with Crippen LogP contribution in [0.25, 0.3) is 10.8 Å². The zero-order valence-electron chi connectivity index (χ0n) is 22.3. The van der Waals surface area contributed by atoms with Crippen LogP contribution in [0.3, 0.4) is 0 Å². The molecule has 2 heterocycles. The molecule has 2 aliphatic rings. The van der Waals surface area contributed by atoms with E-state index in [-0.39, 0.29) is 16.7 Å². The highest BCUT2D eigenvalue weighted by Gasteiger charge is 2.41. The van der Waals surface area contributed by atoms with Crippen molar-refractivity contribution >= 4 is 44.4 Å². The molecule has 202 valence electrons. The van der Waals surface area contributed by atoms with E-state index in [2.05, 4.69) is 19.9 Å². The van der Waals surface area contributed by atoms with Crippen LogP contribution in [-0.2, 0) is 14.8 Å². The number of amides is 3. The second kappa shape index (κ2) is 9.64. The van der Waals surface area contributed by atoms with E-state index in [4.69, 9.17) is 4.74 Å². The van der Waals surface area contributed by atoms with Crippen LogP contribution in [0.1, 0.15) is 40.5 Å². The van der Waals surface area contributed by atoms with Crippen molar-refractivity contribution in [1.29, 1.82) is 0 Å². The van der Waals surface area contributed by atoms with Crippen molar-refractivity contribution in [3.8, 4) is 0 Å². The van der Waals surface area contributed by atoms with Gasteiger partial charge in [-0.3, -0.25) is 5.32 Å². The molecule has 4 rings (SSSR count). The van der Waals surface area contributed by atoms with Gasteiger partial charge in [0.2, 0.25) is 10.0 Å². The molecule has 0 spiro atoms. The number of benzene rings is 1. The Labute approximate surface area is 218 Å². The minimum absolute atomic E-state index is 0.0535. The molecule has 3 amide bonds. The van der Waals surface area contributed by atoms with E-state index in [1.165, 1.54) is 0 Å². The Morgan fingerprint density at radius 3 is 2.30 bits per heavy atom. The zero-order valence-corrected chi connectivity index (χ0v) is 23.1. The summed E-state index contributed by atoms with van der Waals surface area (Å²) in [6.07, 6.45) is 2.57. The van der Waals surface area contributed by atoms with Crippen molar-refractivity contribution in [3.63, 3.8) is 0 Å². The van der Waals surface area contributed by atoms with E-state index in [9.17, 15) is 18.0 Å². The van der Waals surface area contributed by atoms with Crippen LogP contribution in [0.15, 0.2) is 29.3 Å². The molecule has 11 nitrogen and oxygen atoms in total. The summed E-state index contributed by atoms with van der Waals surface area (Å²) < 4.78 is 34.8. The average Bonchev–Trinajstić information content (AvgIpc) is 3.51. The summed E-state index contributed by atoms with van der Waals surface area (Å²) in [6.45, 7) is 9.30. The van der Waals surface area contributed by atoms with Crippen LogP contribution in [-0.4, -0.2) is 86.7 Å². The highest BCUT2D eigenvalue weighted by Crippen LogP contribution is 2.37. The van der Waals surface area contributed by atoms with E-state index in [0.29, 0.717) is 37.3 Å². The van der Waals surface area contributed by atoms with Gasteiger partial charge in [0.25, 0.3) is 0 Å². The zero-order chi connectivity index (χ0) is 27.2. The summed E-state index contributed by atoms with van der Waals surface area (Å²) in [7, 11) is -0.342. The van der Waals surface area contributed by atoms with Gasteiger partial charge in [0.1, 0.15) is 11.4 Å². The maximum absolute atomic E-state index is 13.3. The van der Waals surface area contributed by atoms with E-state index in [1.54, 1.807) is 69.1 Å². The monoisotopic (exact) mass is 532 g/mol. The van der Waals surface area contributed by atoms with Crippen LogP contribution in [0, 0.1) is 0 Å². The first-order chi connectivity index (χ1) is 17.2. The second-order valence-corrected chi connectivity index (χ2v) is 12.9. The summed E-state index contributed by atoms with van der Waals surface area (Å²) in [5, 5.41) is 3.99. The van der Waals surface area contributed by atoms with Crippen molar-refractivity contribution < 1.29 is 22.7 Å². The number of ether oxygens (including phenoxy) is 1. The van der Waals surface area contributed by atoms with Crippen LogP contribution in [0.5, 0.6) is 0 Å². The Morgan fingerprint density at radius 2 is 1.73 bits per heavy atom. The fourth-order valence-corrected chi connectivity index (χ4v) is 5.72. The Kier molecular flexibility index (Phi) is 7.02. The summed E-state index contributed by atoms with van der Waals surface area (Å²) in [5.41, 5.74) is -0.379. The molecule has 0 radical (unpaired) electrons. The Hall–Kier alpha value is -3.12. The number of urea groups is 1. The number of nitrogens with zero attached hydrogens (tertiary/aromatic N) is 4. The van der Waals surface area contributed by atoms with Crippen LogP contribution >= 0.6 is 0 Å². The van der Waals surface area contributed by atoms with Gasteiger partial charge in [0, 0.05) is 63.1 Å². The molecule has 2 fully saturated rings. The molecule has 2 N–H and O–H groups in total. The van der Waals surface area contributed by atoms with Crippen LogP contribution in [0.4, 0.5) is 21.1 Å². The Balaban J connectivity index is 1.69. The molecule has 2 aromatic rings. The van der Waals surface area contributed by atoms with Gasteiger partial charge in [-0.2, -0.15) is 0 Å². The molecule has 1 aromatic heterocycles. The molecule has 12 heteroatoms. The molecule has 37 heavy (non-hydrogen) atoms. The number of aromatic nitrogens is 1. The minimum Gasteiger partial charge on any atom is -0.444 e. The lowest BCUT2D eigenvalue weighted by Crippen LogP contribution is -2.51. The predicted molar refractivity (Wildman–Crippen MR) is 142 cm³/mol. The number of anilines is 2. The molecule has 0 unspecified atom stereocenters. The van der Waals surface area contributed by atoms with E-state index in [0.717, 1.165) is 18.2 Å². The quantitative estimate of drug-likeness (QED) is 0.606. The molecule has 1 saturated heterocycles. The smallest absolute Gasteiger partial charge is 0.413 e. The van der Waals surface area contributed by atoms with Crippen molar-refractivity contribution in [2.24, 2.45) is 0 Å². The lowest BCUT2D eigenvalue weighted by molar-refractivity contribution is 0.0635. The molecule has 1 saturated carbocycles. The number of hydrogen-bond acceptors (Lipinski definition) is 7. The molecule has 1 aliphatic carbocycles. The number of sulfonamides is 1. The average molecular weight is 533 g/mol. The SMILES string of the molecule is CN(C)C(=O)N1CCN(c2cc(S(=O)(=O)NC3(C)CC3)cc3cc(NC(=O)OC(C)(C)C)ncc23)CC1. The third kappa shape index (κ3) is 6.42. The minimum atomic E-state index is -3.78. The Bertz CT molecular complexity index is 1310. The largest absolute Gasteiger partial charge is 0.444 e. The standard InChI is InChI=1S/C25H36N6O5S/c1-24(2,3)36-22(32)27-21-14-17-13-18(37(34,35)28-25(4)7-8-25)15-20(19(17)16-26-21)30-9-11-31(12-10-30)23(33)29(5)6/h13-16,28H,7-12H2,1-6H3,(H,26,27,32). The second-order valence-electron chi connectivity index (χ2n) is 11.2. The normalized spacial score (nSPS) is 17.5. The van der Waals surface area contributed by atoms with Gasteiger partial charge in [-0.15, -0.1) is 0 Å². The number of carbonyl (C=O) groups excluding carboxylic acids is 2. The topological polar surface area (TPSA) is 124 Å². The van der Waals surface area contributed by atoms with Gasteiger partial charge in [0.05, 0.1) is 4.90 Å². The number of fused-ring (bicyclic) bond motifs is 1. The van der Waals surface area contributed by atoms with E-state index in [1.807, 2.05) is 6.92 Å². The van der Waals surface area contributed by atoms with Crippen LogP contribution < -0.4 is 14.9 Å². The number of rotatable bonds is 5. The first kappa shape index (κ1) is 26.9. The molecule has 1 aromatic carbocycles. The summed E-state index contributed by atoms with van der Waals surface area (Å²) >= 11 is 0. The molecule has 0 bridgehead atoms. The molecule has 0 atom stereocenters.